The molecule has 0 aliphatic rings. The minimum atomic E-state index is -0.424. The second-order valence-electron chi connectivity index (χ2n) is 3.71. The number of hydrogen-bond donors (Lipinski definition) is 2. The Kier molecular flexibility index (Phi) is 4.48. The summed E-state index contributed by atoms with van der Waals surface area (Å²) in [6.45, 7) is 3.97. The molecule has 0 saturated carbocycles. The molecule has 84 valence electrons. The monoisotopic (exact) mass is 226 g/mol. The summed E-state index contributed by atoms with van der Waals surface area (Å²) in [6.07, 6.45) is 0.252. The van der Waals surface area contributed by atoms with Crippen LogP contribution in [0.1, 0.15) is 29.2 Å². The molecule has 3 heteroatoms. The number of benzene rings is 1. The van der Waals surface area contributed by atoms with Gasteiger partial charge in [0, 0.05) is 0 Å². The summed E-state index contributed by atoms with van der Waals surface area (Å²) in [5.74, 6) is 1.56. The lowest BCUT2D eigenvalue weighted by Crippen LogP contribution is -2.02. The molecule has 1 aromatic carbocycles. The fraction of sp³-hybridized carbons (Fsp3) is 0.500. The van der Waals surface area contributed by atoms with E-state index >= 15 is 0 Å². The Labute approximate surface area is 96.7 Å². The van der Waals surface area contributed by atoms with Gasteiger partial charge in [0.15, 0.2) is 0 Å². The van der Waals surface area contributed by atoms with Crippen LogP contribution in [-0.4, -0.2) is 18.0 Å². The van der Waals surface area contributed by atoms with Crippen molar-refractivity contribution in [3.8, 4) is 5.75 Å². The highest BCUT2D eigenvalue weighted by Gasteiger charge is 2.12. The van der Waals surface area contributed by atoms with E-state index in [1.54, 1.807) is 7.11 Å². The zero-order valence-corrected chi connectivity index (χ0v) is 10.3. The van der Waals surface area contributed by atoms with Crippen molar-refractivity contribution in [2.75, 3.05) is 12.9 Å². The normalized spacial score (nSPS) is 12.6. The number of aryl methyl sites for hydroxylation is 2. The summed E-state index contributed by atoms with van der Waals surface area (Å²) < 4.78 is 5.22. The average Bonchev–Trinajstić information content (AvgIpc) is 2.21. The van der Waals surface area contributed by atoms with Crippen LogP contribution in [0.2, 0.25) is 0 Å². The molecule has 1 N–H and O–H groups in total. The third-order valence-electron chi connectivity index (χ3n) is 2.55. The Balaban J connectivity index is 3.04. The first-order valence-electron chi connectivity index (χ1n) is 5.04. The van der Waals surface area contributed by atoms with E-state index in [0.29, 0.717) is 12.2 Å². The highest BCUT2D eigenvalue weighted by molar-refractivity contribution is 7.80. The largest absolute Gasteiger partial charge is 0.496 e. The number of hydrogen-bond acceptors (Lipinski definition) is 3. The van der Waals surface area contributed by atoms with Crippen molar-refractivity contribution < 1.29 is 9.84 Å². The van der Waals surface area contributed by atoms with Crippen molar-refractivity contribution in [3.05, 3.63) is 28.8 Å². The van der Waals surface area contributed by atoms with E-state index < -0.39 is 6.10 Å². The third kappa shape index (κ3) is 2.89. The molecule has 0 aromatic heterocycles. The van der Waals surface area contributed by atoms with Crippen molar-refractivity contribution in [1.82, 2.24) is 0 Å². The number of aliphatic hydroxyl groups excluding tert-OH is 1. The first-order chi connectivity index (χ1) is 7.10. The second kappa shape index (κ2) is 5.42. The van der Waals surface area contributed by atoms with Gasteiger partial charge in [-0.2, -0.15) is 12.6 Å². The first-order valence-corrected chi connectivity index (χ1v) is 5.67. The standard InChI is InChI=1S/C12H18O2S/c1-8-7-12(14-3)9(2)6-10(8)11(13)4-5-15/h6-7,11,13,15H,4-5H2,1-3H3. The molecule has 0 spiro atoms. The molecule has 1 unspecified atom stereocenters. The van der Waals surface area contributed by atoms with E-state index in [2.05, 4.69) is 12.6 Å². The molecule has 1 rings (SSSR count). The maximum atomic E-state index is 9.90. The van der Waals surface area contributed by atoms with Crippen molar-refractivity contribution in [2.45, 2.75) is 26.4 Å². The van der Waals surface area contributed by atoms with Gasteiger partial charge in [-0.15, -0.1) is 0 Å². The lowest BCUT2D eigenvalue weighted by Gasteiger charge is -2.15. The molecule has 0 saturated heterocycles. The molecule has 2 nitrogen and oxygen atoms in total. The summed E-state index contributed by atoms with van der Waals surface area (Å²) in [6, 6.07) is 3.95. The van der Waals surface area contributed by atoms with Crippen LogP contribution in [0.25, 0.3) is 0 Å². The summed E-state index contributed by atoms with van der Waals surface area (Å²) in [7, 11) is 1.66. The number of aliphatic hydroxyl groups is 1. The predicted molar refractivity (Wildman–Crippen MR) is 65.9 cm³/mol. The van der Waals surface area contributed by atoms with Crippen molar-refractivity contribution in [2.24, 2.45) is 0 Å². The maximum absolute atomic E-state index is 9.90. The minimum Gasteiger partial charge on any atom is -0.496 e. The predicted octanol–water partition coefficient (Wildman–Crippen LogP) is 2.67. The molecule has 0 amide bonds. The zero-order chi connectivity index (χ0) is 11.4. The van der Waals surface area contributed by atoms with Gasteiger partial charge in [-0.05, 0) is 54.8 Å². The lowest BCUT2D eigenvalue weighted by molar-refractivity contribution is 0.174. The second-order valence-corrected chi connectivity index (χ2v) is 4.15. The third-order valence-corrected chi connectivity index (χ3v) is 2.80. The molecule has 1 atom stereocenters. The van der Waals surface area contributed by atoms with Crippen LogP contribution in [-0.2, 0) is 0 Å². The first kappa shape index (κ1) is 12.4. The Morgan fingerprint density at radius 3 is 2.53 bits per heavy atom. The van der Waals surface area contributed by atoms with E-state index in [9.17, 15) is 5.11 Å². The molecule has 1 aromatic rings. The molecular weight excluding hydrogens is 208 g/mol. The Morgan fingerprint density at radius 2 is 2.00 bits per heavy atom. The Morgan fingerprint density at radius 1 is 1.33 bits per heavy atom. The fourth-order valence-corrected chi connectivity index (χ4v) is 1.91. The highest BCUT2D eigenvalue weighted by atomic mass is 32.1. The van der Waals surface area contributed by atoms with Gasteiger partial charge in [0.2, 0.25) is 0 Å². The van der Waals surface area contributed by atoms with Crippen LogP contribution >= 0.6 is 12.6 Å². The number of methoxy groups -OCH3 is 1. The van der Waals surface area contributed by atoms with Gasteiger partial charge in [-0.25, -0.2) is 0 Å². The maximum Gasteiger partial charge on any atom is 0.122 e. The van der Waals surface area contributed by atoms with Crippen LogP contribution < -0.4 is 4.74 Å². The van der Waals surface area contributed by atoms with Crippen molar-refractivity contribution in [3.63, 3.8) is 0 Å². The van der Waals surface area contributed by atoms with Gasteiger partial charge < -0.3 is 9.84 Å². The van der Waals surface area contributed by atoms with Crippen LogP contribution in [0.15, 0.2) is 12.1 Å². The molecule has 0 aliphatic heterocycles. The summed E-state index contributed by atoms with van der Waals surface area (Å²) in [5.41, 5.74) is 3.09. The minimum absolute atomic E-state index is 0.424. The number of rotatable bonds is 4. The summed E-state index contributed by atoms with van der Waals surface area (Å²) >= 11 is 4.12. The van der Waals surface area contributed by atoms with Crippen LogP contribution in [0.3, 0.4) is 0 Å². The molecule has 0 radical (unpaired) electrons. The van der Waals surface area contributed by atoms with Gasteiger partial charge in [-0.3, -0.25) is 0 Å². The molecule has 15 heavy (non-hydrogen) atoms. The Bertz CT molecular complexity index is 337. The summed E-state index contributed by atoms with van der Waals surface area (Å²) in [4.78, 5) is 0. The van der Waals surface area contributed by atoms with Crippen molar-refractivity contribution >= 4 is 12.6 Å². The van der Waals surface area contributed by atoms with Gasteiger partial charge in [0.05, 0.1) is 13.2 Å². The van der Waals surface area contributed by atoms with Gasteiger partial charge >= 0.3 is 0 Å². The van der Waals surface area contributed by atoms with Crippen LogP contribution in [0.5, 0.6) is 5.75 Å². The van der Waals surface area contributed by atoms with E-state index in [4.69, 9.17) is 4.74 Å². The summed E-state index contributed by atoms with van der Waals surface area (Å²) in [5, 5.41) is 9.90. The van der Waals surface area contributed by atoms with E-state index in [0.717, 1.165) is 22.4 Å². The van der Waals surface area contributed by atoms with Gasteiger partial charge in [-0.1, -0.05) is 0 Å². The number of ether oxygens (including phenoxy) is 1. The molecule has 0 bridgehead atoms. The molecule has 0 aliphatic carbocycles. The van der Waals surface area contributed by atoms with E-state index in [1.165, 1.54) is 0 Å². The fourth-order valence-electron chi connectivity index (χ4n) is 1.67. The van der Waals surface area contributed by atoms with Crippen LogP contribution in [0.4, 0.5) is 0 Å². The quantitative estimate of drug-likeness (QED) is 0.773. The topological polar surface area (TPSA) is 29.5 Å². The molecular formula is C12H18O2S. The highest BCUT2D eigenvalue weighted by Crippen LogP contribution is 2.28. The molecule has 0 fully saturated rings. The van der Waals surface area contributed by atoms with Gasteiger partial charge in [0.25, 0.3) is 0 Å². The SMILES string of the molecule is COc1cc(C)c(C(O)CCS)cc1C. The van der Waals surface area contributed by atoms with Crippen molar-refractivity contribution in [1.29, 1.82) is 0 Å². The zero-order valence-electron chi connectivity index (χ0n) is 9.45. The van der Waals surface area contributed by atoms with E-state index in [-0.39, 0.29) is 0 Å². The van der Waals surface area contributed by atoms with Gasteiger partial charge in [0.1, 0.15) is 5.75 Å². The number of thiol groups is 1. The smallest absolute Gasteiger partial charge is 0.122 e. The molecule has 0 heterocycles. The average molecular weight is 226 g/mol. The van der Waals surface area contributed by atoms with Crippen LogP contribution in [0, 0.1) is 13.8 Å². The Hall–Kier alpha value is -0.670. The van der Waals surface area contributed by atoms with E-state index in [1.807, 2.05) is 26.0 Å². The lowest BCUT2D eigenvalue weighted by atomic mass is 9.98.